The predicted molar refractivity (Wildman–Crippen MR) is 43.9 cm³/mol. The summed E-state index contributed by atoms with van der Waals surface area (Å²) in [6.07, 6.45) is 0.814. The maximum atomic E-state index is 11.0. The minimum atomic E-state index is -0.188. The number of hydrogen-bond acceptors (Lipinski definition) is 4. The summed E-state index contributed by atoms with van der Waals surface area (Å²) in [4.78, 5) is 11.0. The van der Waals surface area contributed by atoms with E-state index in [2.05, 4.69) is 5.32 Å². The lowest BCUT2D eigenvalue weighted by molar-refractivity contribution is -0.147. The van der Waals surface area contributed by atoms with E-state index in [0.717, 1.165) is 13.0 Å². The van der Waals surface area contributed by atoms with Gasteiger partial charge in [0.2, 0.25) is 0 Å². The molecule has 0 aliphatic carbocycles. The second-order valence-electron chi connectivity index (χ2n) is 2.76. The Morgan fingerprint density at radius 1 is 1.75 bits per heavy atom. The van der Waals surface area contributed by atoms with Gasteiger partial charge in [0.25, 0.3) is 0 Å². The predicted octanol–water partition coefficient (Wildman–Crippen LogP) is -0.0720. The van der Waals surface area contributed by atoms with Gasteiger partial charge < -0.3 is 14.8 Å². The Bertz CT molecular complexity index is 143. The first-order valence-electron chi connectivity index (χ1n) is 4.31. The van der Waals surface area contributed by atoms with Crippen LogP contribution >= 0.6 is 0 Å². The van der Waals surface area contributed by atoms with Crippen molar-refractivity contribution in [2.24, 2.45) is 0 Å². The van der Waals surface area contributed by atoms with Crippen LogP contribution < -0.4 is 5.32 Å². The third-order valence-electron chi connectivity index (χ3n) is 1.71. The van der Waals surface area contributed by atoms with E-state index in [1.807, 2.05) is 6.92 Å². The number of esters is 1. The van der Waals surface area contributed by atoms with Gasteiger partial charge >= 0.3 is 5.97 Å². The molecule has 12 heavy (non-hydrogen) atoms. The minimum Gasteiger partial charge on any atom is -0.459 e. The highest BCUT2D eigenvalue weighted by atomic mass is 16.6. The molecule has 1 aliphatic heterocycles. The van der Waals surface area contributed by atoms with Crippen molar-refractivity contribution >= 4 is 5.97 Å². The van der Waals surface area contributed by atoms with Gasteiger partial charge in [0.05, 0.1) is 19.8 Å². The Hall–Kier alpha value is -0.610. The van der Waals surface area contributed by atoms with Crippen molar-refractivity contribution < 1.29 is 14.3 Å². The quantitative estimate of drug-likeness (QED) is 0.604. The fourth-order valence-electron chi connectivity index (χ4n) is 1.06. The monoisotopic (exact) mass is 173 g/mol. The first-order valence-corrected chi connectivity index (χ1v) is 4.31. The summed E-state index contributed by atoms with van der Waals surface area (Å²) in [7, 11) is 0. The Kier molecular flexibility index (Phi) is 4.04. The van der Waals surface area contributed by atoms with Gasteiger partial charge in [0.15, 0.2) is 0 Å². The molecule has 70 valence electrons. The standard InChI is InChI=1S/C8H15NO3/c1-2-9-5-8(10)12-7-3-4-11-6-7/h7,9H,2-6H2,1H3. The van der Waals surface area contributed by atoms with Crippen molar-refractivity contribution in [2.75, 3.05) is 26.3 Å². The van der Waals surface area contributed by atoms with Crippen LogP contribution in [0.2, 0.25) is 0 Å². The third kappa shape index (κ3) is 3.19. The zero-order chi connectivity index (χ0) is 8.81. The lowest BCUT2D eigenvalue weighted by Crippen LogP contribution is -2.28. The summed E-state index contributed by atoms with van der Waals surface area (Å²) in [5.74, 6) is -0.188. The zero-order valence-corrected chi connectivity index (χ0v) is 7.34. The summed E-state index contributed by atoms with van der Waals surface area (Å²) < 4.78 is 10.2. The largest absolute Gasteiger partial charge is 0.459 e. The molecule has 0 aromatic carbocycles. The molecule has 1 aliphatic rings. The van der Waals surface area contributed by atoms with E-state index in [1.165, 1.54) is 0 Å². The molecule has 1 fully saturated rings. The SMILES string of the molecule is CCNCC(=O)OC1CCOC1. The van der Waals surface area contributed by atoms with Gasteiger partial charge in [-0.05, 0) is 6.54 Å². The highest BCUT2D eigenvalue weighted by molar-refractivity contribution is 5.71. The van der Waals surface area contributed by atoms with Crippen LogP contribution in [-0.4, -0.2) is 38.4 Å². The third-order valence-corrected chi connectivity index (χ3v) is 1.71. The number of carbonyl (C=O) groups excluding carboxylic acids is 1. The molecule has 4 nitrogen and oxygen atoms in total. The zero-order valence-electron chi connectivity index (χ0n) is 7.34. The molecular formula is C8H15NO3. The Labute approximate surface area is 72.2 Å². The Morgan fingerprint density at radius 2 is 2.58 bits per heavy atom. The number of hydrogen-bond donors (Lipinski definition) is 1. The van der Waals surface area contributed by atoms with Crippen LogP contribution in [0, 0.1) is 0 Å². The maximum Gasteiger partial charge on any atom is 0.320 e. The molecule has 4 heteroatoms. The number of ether oxygens (including phenoxy) is 2. The normalized spacial score (nSPS) is 22.6. The number of rotatable bonds is 4. The smallest absolute Gasteiger partial charge is 0.320 e. The van der Waals surface area contributed by atoms with Crippen LogP contribution in [0.3, 0.4) is 0 Å². The average Bonchev–Trinajstić information content (AvgIpc) is 2.53. The molecule has 0 aromatic heterocycles. The number of nitrogens with one attached hydrogen (secondary N) is 1. The van der Waals surface area contributed by atoms with E-state index in [1.54, 1.807) is 0 Å². The molecule has 0 amide bonds. The van der Waals surface area contributed by atoms with Crippen LogP contribution in [0.4, 0.5) is 0 Å². The van der Waals surface area contributed by atoms with Crippen LogP contribution in [0.5, 0.6) is 0 Å². The maximum absolute atomic E-state index is 11.0. The van der Waals surface area contributed by atoms with E-state index in [9.17, 15) is 4.79 Å². The van der Waals surface area contributed by atoms with Crippen molar-refractivity contribution in [2.45, 2.75) is 19.4 Å². The van der Waals surface area contributed by atoms with Crippen LogP contribution in [0.25, 0.3) is 0 Å². The van der Waals surface area contributed by atoms with Crippen LogP contribution in [0.15, 0.2) is 0 Å². The van der Waals surface area contributed by atoms with Gasteiger partial charge in [0.1, 0.15) is 6.10 Å². The van der Waals surface area contributed by atoms with Crippen LogP contribution in [0.1, 0.15) is 13.3 Å². The second-order valence-corrected chi connectivity index (χ2v) is 2.76. The van der Waals surface area contributed by atoms with Crippen molar-refractivity contribution in [1.29, 1.82) is 0 Å². The molecule has 1 atom stereocenters. The van der Waals surface area contributed by atoms with Gasteiger partial charge in [-0.15, -0.1) is 0 Å². The summed E-state index contributed by atoms with van der Waals surface area (Å²) in [5, 5.41) is 2.91. The molecule has 1 rings (SSSR count). The first-order chi connectivity index (χ1) is 5.83. The Morgan fingerprint density at radius 3 is 3.17 bits per heavy atom. The molecule has 0 spiro atoms. The molecule has 1 saturated heterocycles. The minimum absolute atomic E-state index is 0.0174. The fourth-order valence-corrected chi connectivity index (χ4v) is 1.06. The second kappa shape index (κ2) is 5.11. The highest BCUT2D eigenvalue weighted by Gasteiger charge is 2.19. The number of carbonyl (C=O) groups is 1. The molecule has 0 aromatic rings. The molecule has 0 radical (unpaired) electrons. The summed E-state index contributed by atoms with van der Waals surface area (Å²) in [6.45, 7) is 4.30. The number of likely N-dealkylation sites (N-methyl/N-ethyl adjacent to an activating group) is 1. The molecular weight excluding hydrogens is 158 g/mol. The molecule has 1 N–H and O–H groups in total. The van der Waals surface area contributed by atoms with Gasteiger partial charge in [-0.3, -0.25) is 4.79 Å². The molecule has 1 heterocycles. The van der Waals surface area contributed by atoms with E-state index >= 15 is 0 Å². The van der Waals surface area contributed by atoms with Gasteiger partial charge in [-0.2, -0.15) is 0 Å². The van der Waals surface area contributed by atoms with Crippen molar-refractivity contribution in [3.63, 3.8) is 0 Å². The van der Waals surface area contributed by atoms with Crippen molar-refractivity contribution in [3.8, 4) is 0 Å². The lowest BCUT2D eigenvalue weighted by atomic mass is 10.3. The lowest BCUT2D eigenvalue weighted by Gasteiger charge is -2.09. The van der Waals surface area contributed by atoms with E-state index in [0.29, 0.717) is 19.8 Å². The topological polar surface area (TPSA) is 47.6 Å². The summed E-state index contributed by atoms with van der Waals surface area (Å²) >= 11 is 0. The van der Waals surface area contributed by atoms with Gasteiger partial charge in [-0.25, -0.2) is 0 Å². The summed E-state index contributed by atoms with van der Waals surface area (Å²) in [5.41, 5.74) is 0. The van der Waals surface area contributed by atoms with Gasteiger partial charge in [-0.1, -0.05) is 6.92 Å². The highest BCUT2D eigenvalue weighted by Crippen LogP contribution is 2.07. The van der Waals surface area contributed by atoms with Crippen molar-refractivity contribution in [3.05, 3.63) is 0 Å². The Balaban J connectivity index is 2.08. The van der Waals surface area contributed by atoms with Crippen LogP contribution in [-0.2, 0) is 14.3 Å². The van der Waals surface area contributed by atoms with Crippen molar-refractivity contribution in [1.82, 2.24) is 5.32 Å². The van der Waals surface area contributed by atoms with E-state index in [-0.39, 0.29) is 12.1 Å². The van der Waals surface area contributed by atoms with E-state index in [4.69, 9.17) is 9.47 Å². The molecule has 1 unspecified atom stereocenters. The molecule has 0 bridgehead atoms. The first kappa shape index (κ1) is 9.48. The fraction of sp³-hybridized carbons (Fsp3) is 0.875. The van der Waals surface area contributed by atoms with Gasteiger partial charge in [0, 0.05) is 6.42 Å². The average molecular weight is 173 g/mol. The summed E-state index contributed by atoms with van der Waals surface area (Å²) in [6, 6.07) is 0. The molecule has 0 saturated carbocycles. The van der Waals surface area contributed by atoms with E-state index < -0.39 is 0 Å².